The number of hydrogen-bond donors (Lipinski definition) is 2. The fourth-order valence-electron chi connectivity index (χ4n) is 5.55. The predicted molar refractivity (Wildman–Crippen MR) is 129 cm³/mol. The lowest BCUT2D eigenvalue weighted by Gasteiger charge is -2.37. The van der Waals surface area contributed by atoms with Crippen molar-refractivity contribution in [3.05, 3.63) is 29.8 Å². The minimum Gasteiger partial charge on any atom is -0.466 e. The Kier molecular flexibility index (Phi) is 7.78. The molecule has 0 saturated heterocycles. The Bertz CT molecular complexity index is 1100. The lowest BCUT2D eigenvalue weighted by Crippen LogP contribution is -2.61. The summed E-state index contributed by atoms with van der Waals surface area (Å²) >= 11 is 0. The van der Waals surface area contributed by atoms with Gasteiger partial charge >= 0.3 is 24.2 Å². The summed E-state index contributed by atoms with van der Waals surface area (Å²) in [6, 6.07) is 3.89. The molecule has 1 aromatic rings. The molecule has 2 saturated carbocycles. The molecular weight excluding hydrogens is 509 g/mol. The van der Waals surface area contributed by atoms with E-state index in [2.05, 4.69) is 10.6 Å². The van der Waals surface area contributed by atoms with Crippen molar-refractivity contribution >= 4 is 29.6 Å². The average Bonchev–Trinajstić information content (AvgIpc) is 3.33. The van der Waals surface area contributed by atoms with Crippen LogP contribution in [0.4, 0.5) is 23.7 Å². The summed E-state index contributed by atoms with van der Waals surface area (Å²) in [5.41, 5.74) is -4.72. The average molecular weight is 543 g/mol. The molecule has 0 aromatic heterocycles. The zero-order valence-electron chi connectivity index (χ0n) is 22.2. The Morgan fingerprint density at radius 2 is 1.58 bits per heavy atom. The molecule has 38 heavy (non-hydrogen) atoms. The molecule has 0 heterocycles. The Labute approximate surface area is 218 Å². The molecule has 2 fully saturated rings. The Balaban J connectivity index is 1.98. The van der Waals surface area contributed by atoms with E-state index in [1.165, 1.54) is 0 Å². The van der Waals surface area contributed by atoms with Gasteiger partial charge in [-0.25, -0.2) is 9.59 Å². The van der Waals surface area contributed by atoms with Gasteiger partial charge in [0, 0.05) is 17.0 Å². The number of alkyl halides is 3. The smallest absolute Gasteiger partial charge is 0.416 e. The molecule has 0 radical (unpaired) electrons. The van der Waals surface area contributed by atoms with Gasteiger partial charge in [-0.1, -0.05) is 6.92 Å². The number of amides is 2. The molecule has 5 atom stereocenters. The number of nitrogens with one attached hydrogen (secondary N) is 2. The molecule has 9 nitrogen and oxygen atoms in total. The molecule has 0 spiro atoms. The van der Waals surface area contributed by atoms with Gasteiger partial charge in [-0.2, -0.15) is 13.2 Å². The monoisotopic (exact) mass is 542 g/mol. The van der Waals surface area contributed by atoms with Crippen molar-refractivity contribution in [1.29, 1.82) is 0 Å². The van der Waals surface area contributed by atoms with E-state index < -0.39 is 70.0 Å². The van der Waals surface area contributed by atoms with Gasteiger partial charge in [0.25, 0.3) is 0 Å². The zero-order chi connectivity index (χ0) is 28.7. The summed E-state index contributed by atoms with van der Waals surface area (Å²) in [6.07, 6.45) is -5.68. The van der Waals surface area contributed by atoms with E-state index in [1.54, 1.807) is 41.5 Å². The van der Waals surface area contributed by atoms with Crippen molar-refractivity contribution in [3.8, 4) is 0 Å². The van der Waals surface area contributed by atoms with Crippen molar-refractivity contribution in [2.24, 2.45) is 23.2 Å². The molecule has 0 bridgehead atoms. The second-order valence-electron chi connectivity index (χ2n) is 10.7. The lowest BCUT2D eigenvalue weighted by molar-refractivity contribution is -0.156. The molecule has 0 aliphatic heterocycles. The van der Waals surface area contributed by atoms with Crippen molar-refractivity contribution in [2.75, 3.05) is 18.5 Å². The number of ether oxygens (including phenoxy) is 3. The van der Waals surface area contributed by atoms with Gasteiger partial charge in [-0.3, -0.25) is 9.59 Å². The van der Waals surface area contributed by atoms with Crippen LogP contribution < -0.4 is 10.6 Å². The van der Waals surface area contributed by atoms with E-state index in [4.69, 9.17) is 14.2 Å². The van der Waals surface area contributed by atoms with Crippen LogP contribution in [0.3, 0.4) is 0 Å². The van der Waals surface area contributed by atoms with Crippen molar-refractivity contribution in [3.63, 3.8) is 0 Å². The van der Waals surface area contributed by atoms with Gasteiger partial charge in [0.15, 0.2) is 0 Å². The van der Waals surface area contributed by atoms with Crippen LogP contribution in [0.25, 0.3) is 0 Å². The lowest BCUT2D eigenvalue weighted by atomic mass is 9.79. The number of esters is 2. The number of carbonyl (C=O) groups is 4. The Morgan fingerprint density at radius 3 is 2.08 bits per heavy atom. The molecule has 12 heteroatoms. The molecule has 210 valence electrons. The number of alkyl carbamates (subject to hydrolysis) is 1. The van der Waals surface area contributed by atoms with E-state index >= 15 is 0 Å². The quantitative estimate of drug-likeness (QED) is 0.389. The largest absolute Gasteiger partial charge is 0.466 e. The molecule has 2 aliphatic carbocycles. The topological polar surface area (TPSA) is 120 Å². The predicted octanol–water partition coefficient (Wildman–Crippen LogP) is 4.31. The normalized spacial score (nSPS) is 28.1. The first-order chi connectivity index (χ1) is 17.5. The number of hydrogen-bond acceptors (Lipinski definition) is 7. The highest BCUT2D eigenvalue weighted by Gasteiger charge is 2.85. The van der Waals surface area contributed by atoms with Gasteiger partial charge in [-0.15, -0.1) is 0 Å². The molecule has 2 amide bonds. The van der Waals surface area contributed by atoms with E-state index in [-0.39, 0.29) is 25.3 Å². The fraction of sp³-hybridized carbons (Fsp3) is 0.615. The Morgan fingerprint density at radius 1 is 1.00 bits per heavy atom. The Hall–Kier alpha value is -3.31. The van der Waals surface area contributed by atoms with Crippen LogP contribution in [0, 0.1) is 23.2 Å². The van der Waals surface area contributed by atoms with Crippen molar-refractivity contribution < 1.29 is 46.6 Å². The summed E-state index contributed by atoms with van der Waals surface area (Å²) < 4.78 is 54.6. The van der Waals surface area contributed by atoms with Crippen LogP contribution in [0.15, 0.2) is 24.3 Å². The molecule has 3 rings (SSSR count). The summed E-state index contributed by atoms with van der Waals surface area (Å²) in [5.74, 6) is -4.68. The highest BCUT2D eigenvalue weighted by Crippen LogP contribution is 2.75. The number of benzene rings is 1. The number of anilines is 1. The molecule has 2 N–H and O–H groups in total. The summed E-state index contributed by atoms with van der Waals surface area (Å²) in [6.45, 7) is 9.77. The van der Waals surface area contributed by atoms with Gasteiger partial charge < -0.3 is 24.8 Å². The minimum absolute atomic E-state index is 0.0240. The van der Waals surface area contributed by atoms with Gasteiger partial charge in [-0.05, 0) is 71.2 Å². The maximum atomic E-state index is 13.4. The molecule has 2 aliphatic rings. The van der Waals surface area contributed by atoms with Crippen LogP contribution in [0.2, 0.25) is 0 Å². The SMILES string of the molecule is CCOC(=O)C1C2C(C(=O)Nc3ccc(C(F)(F)F)cc3)CC(NC(=O)OC(C)(C)C)(C(=O)OCC)C12C. The second kappa shape index (κ2) is 10.1. The second-order valence-corrected chi connectivity index (χ2v) is 10.7. The highest BCUT2D eigenvalue weighted by atomic mass is 19.4. The first kappa shape index (κ1) is 29.2. The maximum Gasteiger partial charge on any atom is 0.416 e. The number of carbonyl (C=O) groups excluding carboxylic acids is 4. The molecule has 5 unspecified atom stereocenters. The third kappa shape index (κ3) is 5.30. The minimum atomic E-state index is -4.54. The van der Waals surface area contributed by atoms with Crippen LogP contribution >= 0.6 is 0 Å². The number of fused-ring (bicyclic) bond motifs is 1. The zero-order valence-corrected chi connectivity index (χ0v) is 22.2. The van der Waals surface area contributed by atoms with Crippen molar-refractivity contribution in [2.45, 2.75) is 65.3 Å². The fourth-order valence-corrected chi connectivity index (χ4v) is 5.55. The summed E-state index contributed by atoms with van der Waals surface area (Å²) in [7, 11) is 0. The first-order valence-electron chi connectivity index (χ1n) is 12.3. The van der Waals surface area contributed by atoms with Crippen molar-refractivity contribution in [1.82, 2.24) is 5.32 Å². The van der Waals surface area contributed by atoms with Crippen LogP contribution in [0.5, 0.6) is 0 Å². The number of halogens is 3. The third-order valence-electron chi connectivity index (χ3n) is 7.16. The molecular formula is C26H33F3N2O7. The van der Waals surface area contributed by atoms with Crippen LogP contribution in [0.1, 0.15) is 53.5 Å². The standard InChI is InChI=1S/C26H33F3N2O7/c1-7-36-20(33)18-17-16(19(32)30-15-11-9-14(10-12-15)26(27,28)29)13-25(24(17,18)6,21(34)37-8-2)31-22(35)38-23(3,4)5/h9-12,16-18H,7-8,13H2,1-6H3,(H,30,32)(H,31,35). The first-order valence-corrected chi connectivity index (χ1v) is 12.3. The summed E-state index contributed by atoms with van der Waals surface area (Å²) in [5, 5.41) is 5.19. The third-order valence-corrected chi connectivity index (χ3v) is 7.16. The maximum absolute atomic E-state index is 13.4. The van der Waals surface area contributed by atoms with E-state index in [9.17, 15) is 32.3 Å². The van der Waals surface area contributed by atoms with E-state index in [0.29, 0.717) is 0 Å². The van der Waals surface area contributed by atoms with Crippen LogP contribution in [-0.4, -0.2) is 48.3 Å². The van der Waals surface area contributed by atoms with Crippen LogP contribution in [-0.2, 0) is 34.8 Å². The summed E-state index contributed by atoms with van der Waals surface area (Å²) in [4.78, 5) is 52.6. The van der Waals surface area contributed by atoms with Gasteiger partial charge in [0.1, 0.15) is 11.1 Å². The number of rotatable bonds is 7. The molecule has 1 aromatic carbocycles. The highest BCUT2D eigenvalue weighted by molar-refractivity contribution is 5.99. The van der Waals surface area contributed by atoms with E-state index in [1.807, 2.05) is 0 Å². The van der Waals surface area contributed by atoms with E-state index in [0.717, 1.165) is 24.3 Å². The van der Waals surface area contributed by atoms with Gasteiger partial charge in [0.05, 0.1) is 24.7 Å². The van der Waals surface area contributed by atoms with Gasteiger partial charge in [0.2, 0.25) is 5.91 Å².